The van der Waals surface area contributed by atoms with Crippen LogP contribution in [0.4, 0.5) is 11.4 Å². The summed E-state index contributed by atoms with van der Waals surface area (Å²) in [5.74, 6) is -0.905. The molecule has 0 atom stereocenters. The van der Waals surface area contributed by atoms with Crippen molar-refractivity contribution in [2.45, 2.75) is 25.8 Å². The monoisotopic (exact) mass is 277 g/mol. The van der Waals surface area contributed by atoms with E-state index in [0.717, 1.165) is 32.5 Å². The molecule has 0 saturated carbocycles. The zero-order valence-corrected chi connectivity index (χ0v) is 12.2. The molecule has 0 amide bonds. The van der Waals surface area contributed by atoms with Gasteiger partial charge in [0, 0.05) is 31.9 Å². The van der Waals surface area contributed by atoms with E-state index >= 15 is 0 Å². The molecule has 0 spiro atoms. The highest BCUT2D eigenvalue weighted by atomic mass is 16.4. The first-order valence-electron chi connectivity index (χ1n) is 7.11. The maximum Gasteiger partial charge on any atom is 0.337 e. The van der Waals surface area contributed by atoms with Crippen LogP contribution in [0, 0.1) is 0 Å². The number of benzene rings is 1. The topological polar surface area (TPSA) is 69.8 Å². The second kappa shape index (κ2) is 6.13. The fourth-order valence-corrected chi connectivity index (χ4v) is 2.84. The molecule has 5 heteroatoms. The summed E-state index contributed by atoms with van der Waals surface area (Å²) in [4.78, 5) is 15.8. The third-order valence-electron chi connectivity index (χ3n) is 4.18. The van der Waals surface area contributed by atoms with Crippen molar-refractivity contribution in [2.75, 3.05) is 37.3 Å². The summed E-state index contributed by atoms with van der Waals surface area (Å²) in [5.41, 5.74) is 7.44. The number of nitrogens with zero attached hydrogens (tertiary/aromatic N) is 2. The van der Waals surface area contributed by atoms with Crippen LogP contribution in [0.1, 0.15) is 30.1 Å². The van der Waals surface area contributed by atoms with Gasteiger partial charge in [0.25, 0.3) is 0 Å². The predicted octanol–water partition coefficient (Wildman–Crippen LogP) is 1.89. The van der Waals surface area contributed by atoms with Crippen molar-refractivity contribution in [3.63, 3.8) is 0 Å². The van der Waals surface area contributed by atoms with E-state index in [0.29, 0.717) is 23.0 Å². The summed E-state index contributed by atoms with van der Waals surface area (Å²) in [5, 5.41) is 9.31. The van der Waals surface area contributed by atoms with Crippen molar-refractivity contribution in [1.82, 2.24) is 4.90 Å². The molecule has 1 aromatic carbocycles. The van der Waals surface area contributed by atoms with Crippen LogP contribution in [-0.4, -0.2) is 48.7 Å². The van der Waals surface area contributed by atoms with E-state index in [9.17, 15) is 9.90 Å². The van der Waals surface area contributed by atoms with Crippen LogP contribution in [-0.2, 0) is 0 Å². The summed E-state index contributed by atoms with van der Waals surface area (Å²) >= 11 is 0. The Labute approximate surface area is 120 Å². The number of carboxylic acid groups (broad SMARTS) is 1. The van der Waals surface area contributed by atoms with Crippen LogP contribution in [0.25, 0.3) is 0 Å². The molecule has 1 saturated heterocycles. The van der Waals surface area contributed by atoms with E-state index in [1.165, 1.54) is 0 Å². The first-order valence-corrected chi connectivity index (χ1v) is 7.11. The smallest absolute Gasteiger partial charge is 0.337 e. The molecule has 5 nitrogen and oxygen atoms in total. The molecule has 1 aliphatic rings. The van der Waals surface area contributed by atoms with Crippen LogP contribution in [0.3, 0.4) is 0 Å². The molecule has 0 aliphatic carbocycles. The van der Waals surface area contributed by atoms with Crippen LogP contribution in [0.15, 0.2) is 18.2 Å². The van der Waals surface area contributed by atoms with Crippen LogP contribution in [0.5, 0.6) is 0 Å². The number of nitrogen functional groups attached to an aromatic ring is 1. The number of likely N-dealkylation sites (tertiary alicyclic amines) is 1. The van der Waals surface area contributed by atoms with E-state index in [1.807, 2.05) is 7.05 Å². The second-order valence-corrected chi connectivity index (χ2v) is 5.36. The van der Waals surface area contributed by atoms with Gasteiger partial charge >= 0.3 is 5.97 Å². The number of carbonyl (C=O) groups is 1. The predicted molar refractivity (Wildman–Crippen MR) is 81.4 cm³/mol. The Kier molecular flexibility index (Phi) is 4.49. The molecule has 110 valence electrons. The number of aromatic carboxylic acids is 1. The van der Waals surface area contributed by atoms with Gasteiger partial charge in [-0.15, -0.1) is 0 Å². The molecule has 2 rings (SSSR count). The SMILES string of the molecule is CCN1CCC(N(C)c2cc(N)ccc2C(=O)O)CC1. The van der Waals surface area contributed by atoms with Gasteiger partial charge in [-0.25, -0.2) is 4.79 Å². The highest BCUT2D eigenvalue weighted by Gasteiger charge is 2.24. The van der Waals surface area contributed by atoms with Gasteiger partial charge in [0.2, 0.25) is 0 Å². The Morgan fingerprint density at radius 1 is 1.45 bits per heavy atom. The Morgan fingerprint density at radius 2 is 2.10 bits per heavy atom. The Hall–Kier alpha value is -1.75. The minimum atomic E-state index is -0.905. The average molecular weight is 277 g/mol. The summed E-state index contributed by atoms with van der Waals surface area (Å²) in [6.45, 7) is 5.38. The zero-order chi connectivity index (χ0) is 14.7. The number of hydrogen-bond acceptors (Lipinski definition) is 4. The van der Waals surface area contributed by atoms with Gasteiger partial charge < -0.3 is 20.6 Å². The van der Waals surface area contributed by atoms with E-state index in [4.69, 9.17) is 5.73 Å². The Bertz CT molecular complexity index is 482. The Balaban J connectivity index is 2.18. The van der Waals surface area contributed by atoms with Gasteiger partial charge in [-0.3, -0.25) is 0 Å². The minimum Gasteiger partial charge on any atom is -0.478 e. The lowest BCUT2D eigenvalue weighted by atomic mass is 10.0. The summed E-state index contributed by atoms with van der Waals surface area (Å²) in [7, 11) is 1.97. The lowest BCUT2D eigenvalue weighted by Gasteiger charge is -2.38. The van der Waals surface area contributed by atoms with Crippen LogP contribution < -0.4 is 10.6 Å². The molecule has 0 radical (unpaired) electrons. The molecule has 20 heavy (non-hydrogen) atoms. The van der Waals surface area contributed by atoms with Gasteiger partial charge in [-0.1, -0.05) is 6.92 Å². The summed E-state index contributed by atoms with van der Waals surface area (Å²) in [6.07, 6.45) is 2.11. The minimum absolute atomic E-state index is 0.319. The van der Waals surface area contributed by atoms with Gasteiger partial charge in [0.1, 0.15) is 0 Å². The number of hydrogen-bond donors (Lipinski definition) is 2. The fraction of sp³-hybridized carbons (Fsp3) is 0.533. The van der Waals surface area contributed by atoms with Gasteiger partial charge in [-0.05, 0) is 37.6 Å². The van der Waals surface area contributed by atoms with Gasteiger partial charge in [0.05, 0.1) is 11.3 Å². The molecular weight excluding hydrogens is 254 g/mol. The van der Waals surface area contributed by atoms with E-state index in [1.54, 1.807) is 18.2 Å². The molecule has 1 heterocycles. The lowest BCUT2D eigenvalue weighted by Crippen LogP contribution is -2.43. The molecular formula is C15H23N3O2. The average Bonchev–Trinajstić information content (AvgIpc) is 2.46. The largest absolute Gasteiger partial charge is 0.478 e. The maximum absolute atomic E-state index is 11.3. The van der Waals surface area contributed by atoms with Crippen molar-refractivity contribution in [1.29, 1.82) is 0 Å². The van der Waals surface area contributed by atoms with Crippen molar-refractivity contribution >= 4 is 17.3 Å². The van der Waals surface area contributed by atoms with Crippen LogP contribution >= 0.6 is 0 Å². The highest BCUT2D eigenvalue weighted by molar-refractivity contribution is 5.95. The molecule has 1 aliphatic heterocycles. The number of piperidine rings is 1. The van der Waals surface area contributed by atoms with E-state index < -0.39 is 5.97 Å². The van der Waals surface area contributed by atoms with Gasteiger partial charge in [0.15, 0.2) is 0 Å². The molecule has 3 N–H and O–H groups in total. The van der Waals surface area contributed by atoms with E-state index in [-0.39, 0.29) is 0 Å². The summed E-state index contributed by atoms with van der Waals surface area (Å²) < 4.78 is 0. The van der Waals surface area contributed by atoms with E-state index in [2.05, 4.69) is 16.7 Å². The molecule has 0 aromatic heterocycles. The maximum atomic E-state index is 11.3. The van der Waals surface area contributed by atoms with Crippen molar-refractivity contribution in [3.8, 4) is 0 Å². The number of anilines is 2. The first-order chi connectivity index (χ1) is 9.52. The second-order valence-electron chi connectivity index (χ2n) is 5.36. The number of nitrogens with two attached hydrogens (primary N) is 1. The standard InChI is InChI=1S/C15H23N3O2/c1-3-18-8-6-12(7-9-18)17(2)14-10-11(16)4-5-13(14)15(19)20/h4-5,10,12H,3,6-9,16H2,1-2H3,(H,19,20). The normalized spacial score (nSPS) is 17.1. The van der Waals surface area contributed by atoms with Gasteiger partial charge in [-0.2, -0.15) is 0 Å². The third-order valence-corrected chi connectivity index (χ3v) is 4.18. The van der Waals surface area contributed by atoms with Crippen LogP contribution in [0.2, 0.25) is 0 Å². The highest BCUT2D eigenvalue weighted by Crippen LogP contribution is 2.27. The van der Waals surface area contributed by atoms with Crippen molar-refractivity contribution in [2.24, 2.45) is 0 Å². The Morgan fingerprint density at radius 3 is 2.65 bits per heavy atom. The molecule has 0 unspecified atom stereocenters. The lowest BCUT2D eigenvalue weighted by molar-refractivity contribution is 0.0697. The third kappa shape index (κ3) is 3.04. The molecule has 1 fully saturated rings. The van der Waals surface area contributed by atoms with Crippen molar-refractivity contribution < 1.29 is 9.90 Å². The zero-order valence-electron chi connectivity index (χ0n) is 12.2. The van der Waals surface area contributed by atoms with Crippen molar-refractivity contribution in [3.05, 3.63) is 23.8 Å². The molecule has 0 bridgehead atoms. The summed E-state index contributed by atoms with van der Waals surface area (Å²) in [6, 6.07) is 5.36. The quantitative estimate of drug-likeness (QED) is 0.822. The number of rotatable bonds is 4. The number of carboxylic acids is 1. The molecule has 1 aromatic rings. The fourth-order valence-electron chi connectivity index (χ4n) is 2.84. The first kappa shape index (κ1) is 14.7.